The van der Waals surface area contributed by atoms with Crippen molar-refractivity contribution in [3.8, 4) is 0 Å². The van der Waals surface area contributed by atoms with Crippen LogP contribution < -0.4 is 0 Å². The molecular formula is C14H22O6. The van der Waals surface area contributed by atoms with Crippen molar-refractivity contribution in [2.24, 2.45) is 0 Å². The van der Waals surface area contributed by atoms with E-state index in [9.17, 15) is 4.79 Å². The van der Waals surface area contributed by atoms with E-state index in [0.29, 0.717) is 13.2 Å². The molecule has 3 fully saturated rings. The molecule has 0 unspecified atom stereocenters. The van der Waals surface area contributed by atoms with Gasteiger partial charge in [0.25, 0.3) is 0 Å². The summed E-state index contributed by atoms with van der Waals surface area (Å²) >= 11 is 0. The summed E-state index contributed by atoms with van der Waals surface area (Å²) in [4.78, 5) is 11.8. The Morgan fingerprint density at radius 3 is 2.15 bits per heavy atom. The SMILES string of the molecule is O=C1OC[C@@H](O[C@H]2CCCCO2)[C@H]1O[C@H]1CCCCO1. The minimum atomic E-state index is -0.691. The molecule has 0 aliphatic carbocycles. The lowest BCUT2D eigenvalue weighted by Gasteiger charge is -2.29. The number of hydrogen-bond donors (Lipinski definition) is 0. The maximum atomic E-state index is 11.8. The van der Waals surface area contributed by atoms with Crippen LogP contribution in [0.15, 0.2) is 0 Å². The molecule has 0 bridgehead atoms. The van der Waals surface area contributed by atoms with E-state index >= 15 is 0 Å². The molecule has 0 amide bonds. The molecule has 3 saturated heterocycles. The molecule has 0 N–H and O–H groups in total. The highest BCUT2D eigenvalue weighted by Crippen LogP contribution is 2.24. The van der Waals surface area contributed by atoms with Gasteiger partial charge >= 0.3 is 5.97 Å². The van der Waals surface area contributed by atoms with Crippen LogP contribution in [0.4, 0.5) is 0 Å². The first-order valence-electron chi connectivity index (χ1n) is 7.54. The van der Waals surface area contributed by atoms with E-state index < -0.39 is 12.2 Å². The molecule has 0 aromatic carbocycles. The van der Waals surface area contributed by atoms with Crippen LogP contribution in [0.3, 0.4) is 0 Å². The van der Waals surface area contributed by atoms with E-state index in [2.05, 4.69) is 0 Å². The zero-order chi connectivity index (χ0) is 13.8. The van der Waals surface area contributed by atoms with Crippen molar-refractivity contribution in [2.75, 3.05) is 19.8 Å². The second kappa shape index (κ2) is 6.85. The maximum Gasteiger partial charge on any atom is 0.338 e. The quantitative estimate of drug-likeness (QED) is 0.727. The minimum Gasteiger partial charge on any atom is -0.461 e. The van der Waals surface area contributed by atoms with Crippen LogP contribution in [-0.2, 0) is 28.5 Å². The van der Waals surface area contributed by atoms with E-state index in [1.165, 1.54) is 0 Å². The smallest absolute Gasteiger partial charge is 0.338 e. The van der Waals surface area contributed by atoms with E-state index in [1.807, 2.05) is 0 Å². The number of ether oxygens (including phenoxy) is 5. The second-order valence-corrected chi connectivity index (χ2v) is 5.45. The first-order valence-corrected chi connectivity index (χ1v) is 7.54. The molecule has 0 spiro atoms. The average Bonchev–Trinajstić information content (AvgIpc) is 2.83. The summed E-state index contributed by atoms with van der Waals surface area (Å²) in [7, 11) is 0. The fraction of sp³-hybridized carbons (Fsp3) is 0.929. The number of carbonyl (C=O) groups excluding carboxylic acids is 1. The van der Waals surface area contributed by atoms with Crippen LogP contribution in [0.2, 0.25) is 0 Å². The van der Waals surface area contributed by atoms with E-state index in [-0.39, 0.29) is 25.2 Å². The monoisotopic (exact) mass is 286 g/mol. The third kappa shape index (κ3) is 3.49. The largest absolute Gasteiger partial charge is 0.461 e. The maximum absolute atomic E-state index is 11.8. The average molecular weight is 286 g/mol. The van der Waals surface area contributed by atoms with Gasteiger partial charge in [-0.15, -0.1) is 0 Å². The lowest BCUT2D eigenvalue weighted by molar-refractivity contribution is -0.236. The Morgan fingerprint density at radius 1 is 0.900 bits per heavy atom. The summed E-state index contributed by atoms with van der Waals surface area (Å²) in [6, 6.07) is 0. The third-order valence-corrected chi connectivity index (χ3v) is 3.86. The zero-order valence-electron chi connectivity index (χ0n) is 11.6. The van der Waals surface area contributed by atoms with Gasteiger partial charge in [-0.2, -0.15) is 0 Å². The molecule has 0 radical (unpaired) electrons. The summed E-state index contributed by atoms with van der Waals surface area (Å²) < 4.78 is 27.7. The number of esters is 1. The van der Waals surface area contributed by atoms with Crippen molar-refractivity contribution in [2.45, 2.75) is 63.3 Å². The van der Waals surface area contributed by atoms with Gasteiger partial charge in [-0.25, -0.2) is 4.79 Å². The molecule has 0 saturated carbocycles. The zero-order valence-corrected chi connectivity index (χ0v) is 11.6. The fourth-order valence-electron chi connectivity index (χ4n) is 2.73. The highest BCUT2D eigenvalue weighted by Gasteiger charge is 2.42. The van der Waals surface area contributed by atoms with Gasteiger partial charge in [0.05, 0.1) is 0 Å². The molecule has 20 heavy (non-hydrogen) atoms. The summed E-state index contributed by atoms with van der Waals surface area (Å²) in [6.45, 7) is 1.63. The van der Waals surface area contributed by atoms with Crippen LogP contribution >= 0.6 is 0 Å². The van der Waals surface area contributed by atoms with Crippen molar-refractivity contribution in [1.82, 2.24) is 0 Å². The summed E-state index contributed by atoms with van der Waals surface area (Å²) in [5.41, 5.74) is 0. The normalized spacial score (nSPS) is 38.7. The summed E-state index contributed by atoms with van der Waals surface area (Å²) in [6.07, 6.45) is 4.28. The third-order valence-electron chi connectivity index (χ3n) is 3.86. The number of carbonyl (C=O) groups is 1. The van der Waals surface area contributed by atoms with Gasteiger partial charge in [0.2, 0.25) is 0 Å². The minimum absolute atomic E-state index is 0.232. The van der Waals surface area contributed by atoms with Gasteiger partial charge < -0.3 is 23.7 Å². The molecule has 0 aromatic rings. The molecule has 6 heteroatoms. The molecule has 3 rings (SSSR count). The van der Waals surface area contributed by atoms with Gasteiger partial charge in [-0.05, 0) is 38.5 Å². The van der Waals surface area contributed by atoms with E-state index in [0.717, 1.165) is 38.5 Å². The number of hydrogen-bond acceptors (Lipinski definition) is 6. The Kier molecular flexibility index (Phi) is 4.88. The predicted molar refractivity (Wildman–Crippen MR) is 67.9 cm³/mol. The summed E-state index contributed by atoms with van der Waals surface area (Å²) in [5, 5.41) is 0. The number of rotatable bonds is 4. The Morgan fingerprint density at radius 2 is 1.55 bits per heavy atom. The molecule has 3 aliphatic heterocycles. The Bertz CT molecular complexity index is 322. The van der Waals surface area contributed by atoms with Gasteiger partial charge in [0, 0.05) is 13.2 Å². The van der Waals surface area contributed by atoms with Crippen molar-refractivity contribution in [3.63, 3.8) is 0 Å². The molecular weight excluding hydrogens is 264 g/mol. The van der Waals surface area contributed by atoms with Gasteiger partial charge in [0.1, 0.15) is 12.7 Å². The molecule has 3 heterocycles. The standard InChI is InChI=1S/C14H22O6/c15-14-13(20-12-6-2-4-8-17-12)10(9-18-14)19-11-5-1-3-7-16-11/h10-13H,1-9H2/t10-,11+,12+,13-/m1/s1. The van der Waals surface area contributed by atoms with Crippen molar-refractivity contribution >= 4 is 5.97 Å². The molecule has 4 atom stereocenters. The topological polar surface area (TPSA) is 63.2 Å². The molecule has 114 valence electrons. The second-order valence-electron chi connectivity index (χ2n) is 5.45. The predicted octanol–water partition coefficient (Wildman–Crippen LogP) is 1.37. The van der Waals surface area contributed by atoms with Crippen molar-refractivity contribution < 1.29 is 28.5 Å². The first-order chi connectivity index (χ1) is 9.83. The Labute approximate surface area is 118 Å². The Balaban J connectivity index is 1.53. The van der Waals surface area contributed by atoms with Gasteiger partial charge in [-0.1, -0.05) is 0 Å². The van der Waals surface area contributed by atoms with Crippen molar-refractivity contribution in [3.05, 3.63) is 0 Å². The van der Waals surface area contributed by atoms with Crippen LogP contribution in [0.5, 0.6) is 0 Å². The van der Waals surface area contributed by atoms with Crippen LogP contribution in [-0.4, -0.2) is 50.6 Å². The lowest BCUT2D eigenvalue weighted by atomic mass is 10.2. The highest BCUT2D eigenvalue weighted by atomic mass is 16.7. The highest BCUT2D eigenvalue weighted by molar-refractivity contribution is 5.77. The van der Waals surface area contributed by atoms with Gasteiger partial charge in [-0.3, -0.25) is 0 Å². The summed E-state index contributed by atoms with van der Waals surface area (Å²) in [5.74, 6) is -0.361. The van der Waals surface area contributed by atoms with Crippen LogP contribution in [0.1, 0.15) is 38.5 Å². The molecule has 0 aromatic heterocycles. The van der Waals surface area contributed by atoms with Gasteiger partial charge in [0.15, 0.2) is 18.7 Å². The van der Waals surface area contributed by atoms with Crippen LogP contribution in [0.25, 0.3) is 0 Å². The Hall–Kier alpha value is -0.690. The van der Waals surface area contributed by atoms with E-state index in [1.54, 1.807) is 0 Å². The number of cyclic esters (lactones) is 1. The van der Waals surface area contributed by atoms with Crippen LogP contribution in [0, 0.1) is 0 Å². The van der Waals surface area contributed by atoms with E-state index in [4.69, 9.17) is 23.7 Å². The lowest BCUT2D eigenvalue weighted by Crippen LogP contribution is -2.40. The first kappa shape index (κ1) is 14.3. The fourth-order valence-corrected chi connectivity index (χ4v) is 2.73. The molecule has 3 aliphatic rings. The molecule has 6 nitrogen and oxygen atoms in total. The van der Waals surface area contributed by atoms with Crippen molar-refractivity contribution in [1.29, 1.82) is 0 Å².